The van der Waals surface area contributed by atoms with E-state index in [4.69, 9.17) is 0 Å². The van der Waals surface area contributed by atoms with E-state index in [2.05, 4.69) is 5.32 Å². The highest BCUT2D eigenvalue weighted by molar-refractivity contribution is 7.91. The van der Waals surface area contributed by atoms with Crippen molar-refractivity contribution in [3.63, 3.8) is 0 Å². The predicted molar refractivity (Wildman–Crippen MR) is 106 cm³/mol. The van der Waals surface area contributed by atoms with Crippen molar-refractivity contribution < 1.29 is 22.4 Å². The summed E-state index contributed by atoms with van der Waals surface area (Å²) in [6.45, 7) is 0.758. The van der Waals surface area contributed by atoms with Crippen LogP contribution in [0.1, 0.15) is 44.1 Å². The van der Waals surface area contributed by atoms with Crippen LogP contribution >= 0.6 is 0 Å². The van der Waals surface area contributed by atoms with Gasteiger partial charge in [0.25, 0.3) is 0 Å². The van der Waals surface area contributed by atoms with Crippen LogP contribution in [-0.2, 0) is 24.8 Å². The summed E-state index contributed by atoms with van der Waals surface area (Å²) in [4.78, 5) is 26.8. The number of hydrogen-bond acceptors (Lipinski definition) is 4. The van der Waals surface area contributed by atoms with Gasteiger partial charge < -0.3 is 10.2 Å². The molecule has 2 saturated heterocycles. The molecule has 29 heavy (non-hydrogen) atoms. The summed E-state index contributed by atoms with van der Waals surface area (Å²) in [5.74, 6) is -0.905. The van der Waals surface area contributed by atoms with Gasteiger partial charge in [-0.2, -0.15) is 0 Å². The van der Waals surface area contributed by atoms with Gasteiger partial charge in [0.1, 0.15) is 5.82 Å². The zero-order valence-electron chi connectivity index (χ0n) is 16.4. The van der Waals surface area contributed by atoms with Crippen LogP contribution in [0.25, 0.3) is 0 Å². The Hall–Kier alpha value is -1.96. The molecule has 158 valence electrons. The van der Waals surface area contributed by atoms with E-state index in [-0.39, 0.29) is 53.6 Å². The molecule has 4 rings (SSSR count). The van der Waals surface area contributed by atoms with E-state index in [1.807, 2.05) is 0 Å². The van der Waals surface area contributed by atoms with Crippen molar-refractivity contribution in [2.24, 2.45) is 5.92 Å². The summed E-state index contributed by atoms with van der Waals surface area (Å²) < 4.78 is 36.8. The van der Waals surface area contributed by atoms with Crippen molar-refractivity contribution in [3.05, 3.63) is 35.6 Å². The van der Waals surface area contributed by atoms with Crippen LogP contribution in [-0.4, -0.2) is 55.8 Å². The maximum Gasteiger partial charge on any atom is 0.225 e. The second-order valence-electron chi connectivity index (χ2n) is 8.72. The zero-order chi connectivity index (χ0) is 20.6. The summed E-state index contributed by atoms with van der Waals surface area (Å²) in [5, 5.41) is 3.04. The number of halogens is 1. The predicted octanol–water partition coefficient (Wildman–Crippen LogP) is 1.79. The zero-order valence-corrected chi connectivity index (χ0v) is 17.2. The van der Waals surface area contributed by atoms with Gasteiger partial charge in [-0.15, -0.1) is 0 Å². The van der Waals surface area contributed by atoms with Crippen molar-refractivity contribution in [2.45, 2.75) is 50.0 Å². The topological polar surface area (TPSA) is 83.6 Å². The van der Waals surface area contributed by atoms with Crippen molar-refractivity contribution >= 4 is 21.7 Å². The molecule has 1 aromatic rings. The molecular formula is C21H27FN2O4S. The van der Waals surface area contributed by atoms with E-state index >= 15 is 0 Å². The lowest BCUT2D eigenvalue weighted by Gasteiger charge is -2.30. The number of nitrogens with zero attached hydrogens (tertiary/aromatic N) is 1. The number of amides is 2. The molecular weight excluding hydrogens is 395 g/mol. The minimum atomic E-state index is -3.08. The van der Waals surface area contributed by atoms with E-state index < -0.39 is 15.8 Å². The van der Waals surface area contributed by atoms with Crippen molar-refractivity contribution in [2.75, 3.05) is 24.6 Å². The van der Waals surface area contributed by atoms with Gasteiger partial charge in [-0.1, -0.05) is 25.0 Å². The summed E-state index contributed by atoms with van der Waals surface area (Å²) in [7, 11) is -3.08. The molecule has 1 aromatic carbocycles. The van der Waals surface area contributed by atoms with E-state index in [0.717, 1.165) is 31.2 Å². The molecule has 2 aliphatic heterocycles. The number of nitrogens with one attached hydrogen (secondary N) is 1. The number of sulfone groups is 1. The number of benzene rings is 1. The largest absolute Gasteiger partial charge is 0.355 e. The monoisotopic (exact) mass is 422 g/mol. The average molecular weight is 423 g/mol. The van der Waals surface area contributed by atoms with Crippen LogP contribution in [0.2, 0.25) is 0 Å². The Kier molecular flexibility index (Phi) is 5.40. The first-order valence-electron chi connectivity index (χ1n) is 10.3. The summed E-state index contributed by atoms with van der Waals surface area (Å²) >= 11 is 0. The van der Waals surface area contributed by atoms with E-state index in [9.17, 15) is 22.4 Å². The molecule has 3 fully saturated rings. The van der Waals surface area contributed by atoms with Crippen molar-refractivity contribution in [3.8, 4) is 0 Å². The molecule has 1 N–H and O–H groups in total. The van der Waals surface area contributed by atoms with E-state index in [1.165, 1.54) is 12.1 Å². The molecule has 0 radical (unpaired) electrons. The Morgan fingerprint density at radius 1 is 1.21 bits per heavy atom. The van der Waals surface area contributed by atoms with Crippen molar-refractivity contribution in [1.82, 2.24) is 10.2 Å². The van der Waals surface area contributed by atoms with Gasteiger partial charge >= 0.3 is 0 Å². The highest BCUT2D eigenvalue weighted by Crippen LogP contribution is 2.40. The molecule has 0 aromatic heterocycles. The third kappa shape index (κ3) is 4.17. The van der Waals surface area contributed by atoms with Gasteiger partial charge in [-0.05, 0) is 37.0 Å². The third-order valence-corrected chi connectivity index (χ3v) is 8.55. The van der Waals surface area contributed by atoms with Crippen LogP contribution in [0.4, 0.5) is 4.39 Å². The molecule has 6 nitrogen and oxygen atoms in total. The number of rotatable bonds is 5. The highest BCUT2D eigenvalue weighted by Gasteiger charge is 2.43. The van der Waals surface area contributed by atoms with Gasteiger partial charge in [0, 0.05) is 31.0 Å². The molecule has 8 heteroatoms. The van der Waals surface area contributed by atoms with E-state index in [0.29, 0.717) is 13.0 Å². The smallest absolute Gasteiger partial charge is 0.225 e. The van der Waals surface area contributed by atoms with Crippen LogP contribution in [0.3, 0.4) is 0 Å². The van der Waals surface area contributed by atoms with Gasteiger partial charge in [-0.25, -0.2) is 12.8 Å². The molecule has 3 aliphatic rings. The normalized spacial score (nSPS) is 28.0. The van der Waals surface area contributed by atoms with Crippen LogP contribution in [0, 0.1) is 11.7 Å². The first-order valence-corrected chi connectivity index (χ1v) is 12.1. The van der Waals surface area contributed by atoms with E-state index in [1.54, 1.807) is 17.0 Å². The first-order chi connectivity index (χ1) is 13.8. The minimum Gasteiger partial charge on any atom is -0.355 e. The lowest BCUT2D eigenvalue weighted by molar-refractivity contribution is -0.130. The Morgan fingerprint density at radius 3 is 2.52 bits per heavy atom. The van der Waals surface area contributed by atoms with Gasteiger partial charge in [0.15, 0.2) is 9.84 Å². The van der Waals surface area contributed by atoms with Crippen LogP contribution in [0.5, 0.6) is 0 Å². The van der Waals surface area contributed by atoms with Gasteiger partial charge in [-0.3, -0.25) is 9.59 Å². The Labute approximate surface area is 170 Å². The number of hydrogen-bond donors (Lipinski definition) is 1. The number of likely N-dealkylation sites (tertiary alicyclic amines) is 1. The quantitative estimate of drug-likeness (QED) is 0.784. The molecule has 0 unspecified atom stereocenters. The molecule has 2 heterocycles. The van der Waals surface area contributed by atoms with Crippen LogP contribution < -0.4 is 5.32 Å². The Balaban J connectivity index is 1.39. The number of carbonyl (C=O) groups is 2. The fourth-order valence-electron chi connectivity index (χ4n) is 5.10. The fraction of sp³-hybridized carbons (Fsp3) is 0.619. The highest BCUT2D eigenvalue weighted by atomic mass is 32.2. The SMILES string of the molecule is O=C(NCC1(c2ccc(F)cc2)CCCC1)[C@@H]1CC(=O)N([C@H]2CCS(=O)(=O)C2)C1. The second-order valence-corrected chi connectivity index (χ2v) is 10.9. The van der Waals surface area contributed by atoms with Crippen LogP contribution in [0.15, 0.2) is 24.3 Å². The second kappa shape index (κ2) is 7.70. The molecule has 2 atom stereocenters. The molecule has 0 bridgehead atoms. The minimum absolute atomic E-state index is 0.000751. The lowest BCUT2D eigenvalue weighted by Crippen LogP contribution is -2.43. The Morgan fingerprint density at radius 2 is 1.90 bits per heavy atom. The first kappa shape index (κ1) is 20.3. The standard InChI is InChI=1S/C21H27FN2O4S/c22-17-5-3-16(4-6-17)21(8-1-2-9-21)14-23-20(26)15-11-19(25)24(12-15)18-7-10-29(27,28)13-18/h3-6,15,18H,1-2,7-14H2,(H,23,26)/t15-,18+/m1/s1. The maximum absolute atomic E-state index is 13.3. The number of carbonyl (C=O) groups excluding carboxylic acids is 2. The molecule has 1 saturated carbocycles. The van der Waals surface area contributed by atoms with Crippen molar-refractivity contribution in [1.29, 1.82) is 0 Å². The molecule has 2 amide bonds. The summed E-state index contributed by atoms with van der Waals surface area (Å²) in [6.07, 6.45) is 4.60. The average Bonchev–Trinajstić information content (AvgIpc) is 3.39. The third-order valence-electron chi connectivity index (χ3n) is 6.80. The van der Waals surface area contributed by atoms with Gasteiger partial charge in [0.2, 0.25) is 11.8 Å². The Bertz CT molecular complexity index is 894. The lowest BCUT2D eigenvalue weighted by atomic mass is 9.78. The maximum atomic E-state index is 13.3. The summed E-state index contributed by atoms with van der Waals surface area (Å²) in [5.41, 5.74) is 0.850. The van der Waals surface area contributed by atoms with Gasteiger partial charge in [0.05, 0.1) is 17.4 Å². The fourth-order valence-corrected chi connectivity index (χ4v) is 6.84. The molecule has 0 spiro atoms. The summed E-state index contributed by atoms with van der Waals surface area (Å²) in [6, 6.07) is 6.22. The molecule has 1 aliphatic carbocycles.